The second kappa shape index (κ2) is 14.0. The molecule has 0 heterocycles. The molecule has 0 aromatic heterocycles. The molecule has 0 fully saturated rings. The monoisotopic (exact) mass is 471 g/mol. The fourth-order valence-electron chi connectivity index (χ4n) is 3.02. The van der Waals surface area contributed by atoms with E-state index in [0.29, 0.717) is 26.3 Å². The van der Waals surface area contributed by atoms with Crippen LogP contribution in [0.2, 0.25) is 0 Å². The maximum atomic E-state index is 5.68. The topological polar surface area (TPSA) is 49.4 Å². The summed E-state index contributed by atoms with van der Waals surface area (Å²) in [6.45, 7) is 1.60. The molecule has 0 saturated carbocycles. The Bertz CT molecular complexity index is 1080. The average Bonchev–Trinajstić information content (AvgIpc) is 2.92. The van der Waals surface area contributed by atoms with Crippen molar-refractivity contribution < 1.29 is 23.7 Å². The molecule has 180 valence electrons. The highest BCUT2D eigenvalue weighted by molar-refractivity contribution is 5.51. The Kier molecular flexibility index (Phi) is 10.1. The Balaban J connectivity index is 1.54. The molecule has 3 rings (SSSR count). The van der Waals surface area contributed by atoms with Crippen LogP contribution >= 0.6 is 0 Å². The van der Waals surface area contributed by atoms with Crippen molar-refractivity contribution >= 4 is 5.69 Å². The van der Waals surface area contributed by atoms with Gasteiger partial charge in [0.1, 0.15) is 42.0 Å². The second-order valence-electron chi connectivity index (χ2n) is 7.19. The summed E-state index contributed by atoms with van der Waals surface area (Å²) in [6, 6.07) is 22.6. The largest absolute Gasteiger partial charge is 0.497 e. The van der Waals surface area contributed by atoms with Crippen molar-refractivity contribution in [1.82, 2.24) is 0 Å². The van der Waals surface area contributed by atoms with Crippen LogP contribution in [0.5, 0.6) is 28.7 Å². The van der Waals surface area contributed by atoms with E-state index in [1.165, 1.54) is 0 Å². The second-order valence-corrected chi connectivity index (χ2v) is 7.19. The molecule has 0 saturated heterocycles. The highest BCUT2D eigenvalue weighted by Gasteiger charge is 2.04. The highest BCUT2D eigenvalue weighted by Crippen LogP contribution is 2.19. The van der Waals surface area contributed by atoms with Gasteiger partial charge in [-0.05, 0) is 72.8 Å². The fourth-order valence-corrected chi connectivity index (χ4v) is 3.02. The first kappa shape index (κ1) is 25.2. The lowest BCUT2D eigenvalue weighted by atomic mass is 10.2. The predicted octanol–water partition coefficient (Wildman–Crippen LogP) is 4.68. The molecule has 6 heteroatoms. The molecule has 3 aromatic rings. The normalized spacial score (nSPS) is 9.57. The SMILES string of the molecule is COc1ccc(OCC#CCN(CC#CCOc2ccc(OC)cc2)c2ccc(OC)cc2)cc1. The van der Waals surface area contributed by atoms with Gasteiger partial charge in [-0.2, -0.15) is 0 Å². The zero-order valence-corrected chi connectivity index (χ0v) is 20.2. The quantitative estimate of drug-likeness (QED) is 0.400. The van der Waals surface area contributed by atoms with Gasteiger partial charge in [0.25, 0.3) is 0 Å². The minimum absolute atomic E-state index is 0.296. The molecule has 0 unspecified atom stereocenters. The van der Waals surface area contributed by atoms with Crippen molar-refractivity contribution in [3.63, 3.8) is 0 Å². The molecule has 3 aromatic carbocycles. The van der Waals surface area contributed by atoms with E-state index in [1.807, 2.05) is 72.8 Å². The van der Waals surface area contributed by atoms with Gasteiger partial charge in [0.05, 0.1) is 34.4 Å². The molecule has 35 heavy (non-hydrogen) atoms. The number of nitrogens with zero attached hydrogens (tertiary/aromatic N) is 1. The fraction of sp³-hybridized carbons (Fsp3) is 0.241. The van der Waals surface area contributed by atoms with E-state index in [-0.39, 0.29) is 0 Å². The number of hydrogen-bond donors (Lipinski definition) is 0. The van der Waals surface area contributed by atoms with Gasteiger partial charge in [0.2, 0.25) is 0 Å². The lowest BCUT2D eigenvalue weighted by Crippen LogP contribution is -2.24. The summed E-state index contributed by atoms with van der Waals surface area (Å²) < 4.78 is 26.9. The molecular weight excluding hydrogens is 442 g/mol. The Hall–Kier alpha value is -4.42. The summed E-state index contributed by atoms with van der Waals surface area (Å²) in [4.78, 5) is 2.08. The third-order valence-corrected chi connectivity index (χ3v) is 4.97. The van der Waals surface area contributed by atoms with Crippen molar-refractivity contribution in [1.29, 1.82) is 0 Å². The first-order chi connectivity index (χ1) is 17.2. The Morgan fingerprint density at radius 2 is 0.829 bits per heavy atom. The van der Waals surface area contributed by atoms with Gasteiger partial charge in [0, 0.05) is 5.69 Å². The molecule has 0 aliphatic carbocycles. The lowest BCUT2D eigenvalue weighted by molar-refractivity contribution is 0.367. The molecule has 0 aliphatic rings. The molecule has 0 aliphatic heterocycles. The Labute approximate surface area is 207 Å². The Morgan fingerprint density at radius 3 is 1.20 bits per heavy atom. The van der Waals surface area contributed by atoms with E-state index in [1.54, 1.807) is 21.3 Å². The molecular formula is C29H29NO5. The van der Waals surface area contributed by atoms with E-state index >= 15 is 0 Å². The van der Waals surface area contributed by atoms with Gasteiger partial charge in [-0.25, -0.2) is 0 Å². The van der Waals surface area contributed by atoms with Crippen molar-refractivity contribution in [2.75, 3.05) is 52.5 Å². The van der Waals surface area contributed by atoms with Gasteiger partial charge in [-0.15, -0.1) is 0 Å². The van der Waals surface area contributed by atoms with E-state index < -0.39 is 0 Å². The smallest absolute Gasteiger partial charge is 0.149 e. The van der Waals surface area contributed by atoms with Gasteiger partial charge in [0.15, 0.2) is 0 Å². The summed E-state index contributed by atoms with van der Waals surface area (Å²) >= 11 is 0. The van der Waals surface area contributed by atoms with Crippen molar-refractivity contribution in [2.24, 2.45) is 0 Å². The molecule has 0 atom stereocenters. The van der Waals surface area contributed by atoms with Crippen molar-refractivity contribution in [3.05, 3.63) is 72.8 Å². The van der Waals surface area contributed by atoms with Crippen LogP contribution in [-0.4, -0.2) is 47.6 Å². The van der Waals surface area contributed by atoms with Crippen LogP contribution in [0.4, 0.5) is 5.69 Å². The van der Waals surface area contributed by atoms with Crippen LogP contribution in [0.25, 0.3) is 0 Å². The highest BCUT2D eigenvalue weighted by atomic mass is 16.5. The molecule has 6 nitrogen and oxygen atoms in total. The third-order valence-electron chi connectivity index (χ3n) is 4.97. The molecule has 0 radical (unpaired) electrons. The van der Waals surface area contributed by atoms with Crippen LogP contribution in [0.3, 0.4) is 0 Å². The van der Waals surface area contributed by atoms with Crippen LogP contribution in [-0.2, 0) is 0 Å². The average molecular weight is 472 g/mol. The number of ether oxygens (including phenoxy) is 5. The summed E-state index contributed by atoms with van der Waals surface area (Å²) in [5.41, 5.74) is 1.00. The van der Waals surface area contributed by atoms with Gasteiger partial charge >= 0.3 is 0 Å². The van der Waals surface area contributed by atoms with Crippen LogP contribution < -0.4 is 28.6 Å². The van der Waals surface area contributed by atoms with Crippen molar-refractivity contribution in [2.45, 2.75) is 0 Å². The Morgan fingerprint density at radius 1 is 0.486 bits per heavy atom. The molecule has 0 bridgehead atoms. The number of methoxy groups -OCH3 is 3. The number of benzene rings is 3. The van der Waals surface area contributed by atoms with Gasteiger partial charge in [-0.1, -0.05) is 23.7 Å². The van der Waals surface area contributed by atoms with Crippen molar-refractivity contribution in [3.8, 4) is 52.4 Å². The predicted molar refractivity (Wildman–Crippen MR) is 138 cm³/mol. The summed E-state index contributed by atoms with van der Waals surface area (Å²) in [5, 5.41) is 0. The van der Waals surface area contributed by atoms with Gasteiger partial charge in [-0.3, -0.25) is 0 Å². The first-order valence-corrected chi connectivity index (χ1v) is 11.1. The summed E-state index contributed by atoms with van der Waals surface area (Å²) in [5.74, 6) is 16.3. The minimum atomic E-state index is 0.296. The van der Waals surface area contributed by atoms with E-state index in [4.69, 9.17) is 23.7 Å². The van der Waals surface area contributed by atoms with Crippen LogP contribution in [0.1, 0.15) is 0 Å². The van der Waals surface area contributed by atoms with Crippen LogP contribution in [0, 0.1) is 23.7 Å². The van der Waals surface area contributed by atoms with E-state index in [2.05, 4.69) is 28.6 Å². The molecule has 0 spiro atoms. The molecule has 0 amide bonds. The lowest BCUT2D eigenvalue weighted by Gasteiger charge is -2.19. The summed E-state index contributed by atoms with van der Waals surface area (Å²) in [6.07, 6.45) is 0. The maximum absolute atomic E-state index is 5.68. The number of hydrogen-bond acceptors (Lipinski definition) is 6. The third kappa shape index (κ3) is 8.46. The summed E-state index contributed by atoms with van der Waals surface area (Å²) in [7, 11) is 4.91. The zero-order valence-electron chi connectivity index (χ0n) is 20.2. The standard InChI is InChI=1S/C29H29NO5/c1-31-25-10-8-24(9-11-25)30(20-4-6-22-34-28-16-12-26(32-2)13-17-28)21-5-7-23-35-29-18-14-27(33-3)15-19-29/h8-19H,20-23H2,1-3H3. The van der Waals surface area contributed by atoms with Crippen LogP contribution in [0.15, 0.2) is 72.8 Å². The molecule has 0 N–H and O–H groups in total. The van der Waals surface area contributed by atoms with E-state index in [9.17, 15) is 0 Å². The first-order valence-electron chi connectivity index (χ1n) is 11.1. The van der Waals surface area contributed by atoms with E-state index in [0.717, 1.165) is 34.4 Å². The maximum Gasteiger partial charge on any atom is 0.149 e. The minimum Gasteiger partial charge on any atom is -0.497 e. The zero-order chi connectivity index (χ0) is 24.7. The number of anilines is 1. The van der Waals surface area contributed by atoms with Gasteiger partial charge < -0.3 is 28.6 Å². The number of rotatable bonds is 10.